The van der Waals surface area contributed by atoms with E-state index < -0.39 is 0 Å². The van der Waals surface area contributed by atoms with Gasteiger partial charge in [-0.3, -0.25) is 0 Å². The van der Waals surface area contributed by atoms with Gasteiger partial charge in [-0.2, -0.15) is 0 Å². The van der Waals surface area contributed by atoms with Crippen molar-refractivity contribution in [3.05, 3.63) is 11.6 Å². The molecule has 1 fully saturated rings. The van der Waals surface area contributed by atoms with Gasteiger partial charge in [-0.25, -0.2) is 0 Å². The minimum atomic E-state index is 1.12. The normalized spacial score (nSPS) is 19.2. The van der Waals surface area contributed by atoms with Gasteiger partial charge < -0.3 is 9.80 Å². The van der Waals surface area contributed by atoms with E-state index in [-0.39, 0.29) is 0 Å². The molecule has 1 aliphatic heterocycles. The van der Waals surface area contributed by atoms with Gasteiger partial charge in [0.2, 0.25) is 0 Å². The largest absolute Gasteiger partial charge is 0.305 e. The molecule has 2 nitrogen and oxygen atoms in total. The Morgan fingerprint density at radius 3 is 2.46 bits per heavy atom. The van der Waals surface area contributed by atoms with Crippen LogP contribution in [0.1, 0.15) is 19.8 Å². The molecular weight excluding hydrogens is 160 g/mol. The summed E-state index contributed by atoms with van der Waals surface area (Å²) in [4.78, 5) is 4.77. The van der Waals surface area contributed by atoms with Crippen LogP contribution in [0.15, 0.2) is 11.6 Å². The van der Waals surface area contributed by atoms with E-state index in [4.69, 9.17) is 0 Å². The van der Waals surface area contributed by atoms with Crippen molar-refractivity contribution in [3.8, 4) is 0 Å². The molecule has 13 heavy (non-hydrogen) atoms. The van der Waals surface area contributed by atoms with E-state index in [1.54, 1.807) is 5.57 Å². The highest BCUT2D eigenvalue weighted by Gasteiger charge is 2.13. The Hall–Kier alpha value is -0.340. The molecule has 1 heterocycles. The van der Waals surface area contributed by atoms with Crippen LogP contribution in [0.3, 0.4) is 0 Å². The first-order valence-electron chi connectivity index (χ1n) is 5.23. The van der Waals surface area contributed by atoms with Crippen LogP contribution in [0, 0.1) is 0 Å². The predicted molar refractivity (Wildman–Crippen MR) is 58.0 cm³/mol. The second kappa shape index (κ2) is 5.40. The quantitative estimate of drug-likeness (QED) is 0.596. The van der Waals surface area contributed by atoms with E-state index in [0.29, 0.717) is 0 Å². The molecule has 0 aromatic carbocycles. The first-order chi connectivity index (χ1) is 6.22. The number of likely N-dealkylation sites (N-methyl/N-ethyl adjacent to an activating group) is 1. The third kappa shape index (κ3) is 3.92. The van der Waals surface area contributed by atoms with Crippen molar-refractivity contribution < 1.29 is 0 Å². The number of likely N-dealkylation sites (tertiary alicyclic amines) is 1. The van der Waals surface area contributed by atoms with E-state index in [1.807, 2.05) is 0 Å². The lowest BCUT2D eigenvalue weighted by atomic mass is 10.1. The van der Waals surface area contributed by atoms with Crippen molar-refractivity contribution in [1.82, 2.24) is 9.80 Å². The fourth-order valence-electron chi connectivity index (χ4n) is 1.63. The van der Waals surface area contributed by atoms with Crippen LogP contribution in [0.4, 0.5) is 0 Å². The predicted octanol–water partition coefficient (Wildman–Crippen LogP) is 1.59. The Kier molecular flexibility index (Phi) is 4.46. The van der Waals surface area contributed by atoms with Crippen molar-refractivity contribution in [2.24, 2.45) is 0 Å². The second-order valence-corrected chi connectivity index (χ2v) is 4.13. The third-order valence-corrected chi connectivity index (χ3v) is 2.63. The van der Waals surface area contributed by atoms with Crippen molar-refractivity contribution in [2.45, 2.75) is 19.8 Å². The Bertz CT molecular complexity index is 169. The molecule has 0 saturated carbocycles. The summed E-state index contributed by atoms with van der Waals surface area (Å²) in [5.41, 5.74) is 1.57. The van der Waals surface area contributed by atoms with Gasteiger partial charge in [0.1, 0.15) is 0 Å². The fourth-order valence-corrected chi connectivity index (χ4v) is 1.63. The second-order valence-electron chi connectivity index (χ2n) is 4.13. The Labute approximate surface area is 82.2 Å². The zero-order valence-electron chi connectivity index (χ0n) is 9.21. The van der Waals surface area contributed by atoms with Crippen molar-refractivity contribution >= 4 is 0 Å². The van der Waals surface area contributed by atoms with E-state index in [1.165, 1.54) is 32.5 Å². The highest BCUT2D eigenvalue weighted by Crippen LogP contribution is 2.10. The molecular formula is C11H22N2. The maximum Gasteiger partial charge on any atom is 0.0187 e. The summed E-state index contributed by atoms with van der Waals surface area (Å²) < 4.78 is 0. The van der Waals surface area contributed by atoms with Gasteiger partial charge >= 0.3 is 0 Å². The monoisotopic (exact) mass is 182 g/mol. The van der Waals surface area contributed by atoms with Gasteiger partial charge in [0.15, 0.2) is 0 Å². The molecule has 1 aliphatic rings. The highest BCUT2D eigenvalue weighted by atomic mass is 15.2. The maximum absolute atomic E-state index is 2.53. The average Bonchev–Trinajstić information content (AvgIpc) is 1.99. The zero-order chi connectivity index (χ0) is 9.68. The van der Waals surface area contributed by atoms with Gasteiger partial charge in [-0.15, -0.1) is 0 Å². The molecule has 0 amide bonds. The lowest BCUT2D eigenvalue weighted by molar-refractivity contribution is 0.183. The number of nitrogens with zero attached hydrogens (tertiary/aromatic N) is 2. The number of hydrogen-bond donors (Lipinski definition) is 0. The Morgan fingerprint density at radius 1 is 1.38 bits per heavy atom. The summed E-state index contributed by atoms with van der Waals surface area (Å²) in [7, 11) is 4.26. The molecule has 2 heteroatoms. The van der Waals surface area contributed by atoms with Crippen LogP contribution in [0.25, 0.3) is 0 Å². The van der Waals surface area contributed by atoms with Crippen molar-refractivity contribution in [1.29, 1.82) is 0 Å². The first kappa shape index (κ1) is 10.7. The minimum absolute atomic E-state index is 1.12. The molecule has 0 spiro atoms. The zero-order valence-corrected chi connectivity index (χ0v) is 9.21. The van der Waals surface area contributed by atoms with Crippen LogP contribution in [0.5, 0.6) is 0 Å². The van der Waals surface area contributed by atoms with Gasteiger partial charge in [0.05, 0.1) is 0 Å². The van der Waals surface area contributed by atoms with Gasteiger partial charge in [-0.05, 0) is 47.0 Å². The third-order valence-electron chi connectivity index (χ3n) is 2.63. The summed E-state index contributed by atoms with van der Waals surface area (Å²) in [6, 6.07) is 0. The maximum atomic E-state index is 2.53. The molecule has 0 aromatic rings. The fraction of sp³-hybridized carbons (Fsp3) is 0.818. The summed E-state index contributed by atoms with van der Waals surface area (Å²) in [5.74, 6) is 0. The molecule has 1 rings (SSSR count). The Morgan fingerprint density at radius 2 is 2.08 bits per heavy atom. The Balaban J connectivity index is 2.15. The van der Waals surface area contributed by atoms with E-state index in [2.05, 4.69) is 36.9 Å². The minimum Gasteiger partial charge on any atom is -0.305 e. The van der Waals surface area contributed by atoms with Gasteiger partial charge in [0.25, 0.3) is 0 Å². The van der Waals surface area contributed by atoms with Crippen LogP contribution < -0.4 is 0 Å². The van der Waals surface area contributed by atoms with Gasteiger partial charge in [-0.1, -0.05) is 11.6 Å². The summed E-state index contributed by atoms with van der Waals surface area (Å²) in [6.07, 6.45) is 4.91. The van der Waals surface area contributed by atoms with Crippen LogP contribution in [-0.4, -0.2) is 50.1 Å². The van der Waals surface area contributed by atoms with Crippen LogP contribution in [-0.2, 0) is 0 Å². The first-order valence-corrected chi connectivity index (χ1v) is 5.23. The topological polar surface area (TPSA) is 6.48 Å². The molecule has 76 valence electrons. The SMILES string of the molecule is C/C=C(\CCN1CCC1)CN(C)C. The molecule has 0 radical (unpaired) electrons. The van der Waals surface area contributed by atoms with Crippen LogP contribution >= 0.6 is 0 Å². The average molecular weight is 182 g/mol. The lowest BCUT2D eigenvalue weighted by Gasteiger charge is -2.31. The summed E-state index contributed by atoms with van der Waals surface area (Å²) >= 11 is 0. The smallest absolute Gasteiger partial charge is 0.0187 e. The highest BCUT2D eigenvalue weighted by molar-refractivity contribution is 5.03. The molecule has 0 aliphatic carbocycles. The number of allylic oxidation sites excluding steroid dienone is 1. The number of rotatable bonds is 5. The standard InChI is InChI=1S/C11H22N2/c1-4-11(10-12(2)3)6-9-13-7-5-8-13/h4H,5-10H2,1-3H3/b11-4+. The van der Waals surface area contributed by atoms with Crippen molar-refractivity contribution in [3.63, 3.8) is 0 Å². The number of hydrogen-bond acceptors (Lipinski definition) is 2. The van der Waals surface area contributed by atoms with Gasteiger partial charge in [0, 0.05) is 13.1 Å². The summed E-state index contributed by atoms with van der Waals surface area (Å²) in [5, 5.41) is 0. The summed E-state index contributed by atoms with van der Waals surface area (Å²) in [6.45, 7) is 7.16. The van der Waals surface area contributed by atoms with E-state index >= 15 is 0 Å². The molecule has 0 unspecified atom stereocenters. The van der Waals surface area contributed by atoms with E-state index in [0.717, 1.165) is 6.54 Å². The van der Waals surface area contributed by atoms with E-state index in [9.17, 15) is 0 Å². The lowest BCUT2D eigenvalue weighted by Crippen LogP contribution is -2.38. The van der Waals surface area contributed by atoms with Crippen LogP contribution in [0.2, 0.25) is 0 Å². The van der Waals surface area contributed by atoms with Crippen molar-refractivity contribution in [2.75, 3.05) is 40.3 Å². The molecule has 0 bridgehead atoms. The molecule has 0 aromatic heterocycles. The molecule has 0 atom stereocenters. The molecule has 0 N–H and O–H groups in total. The molecule has 1 saturated heterocycles.